The van der Waals surface area contributed by atoms with E-state index in [0.717, 1.165) is 24.8 Å². The summed E-state index contributed by atoms with van der Waals surface area (Å²) in [5.74, 6) is -0.565. The number of aryl methyl sites for hydroxylation is 1. The molecular formula is C26H22F2N2O. The summed E-state index contributed by atoms with van der Waals surface area (Å²) in [5, 5.41) is 0. The van der Waals surface area contributed by atoms with Gasteiger partial charge in [-0.25, -0.2) is 13.8 Å². The van der Waals surface area contributed by atoms with E-state index < -0.39 is 0 Å². The highest BCUT2D eigenvalue weighted by Gasteiger charge is 2.32. The van der Waals surface area contributed by atoms with Crippen molar-refractivity contribution in [2.45, 2.75) is 26.2 Å². The van der Waals surface area contributed by atoms with Crippen LogP contribution in [0.1, 0.15) is 36.5 Å². The number of benzene rings is 3. The van der Waals surface area contributed by atoms with E-state index in [2.05, 4.69) is 11.9 Å². The number of hydrogen-bond donors (Lipinski definition) is 0. The summed E-state index contributed by atoms with van der Waals surface area (Å²) in [6.45, 7) is 2.16. The maximum atomic E-state index is 13.5. The second-order valence-electron chi connectivity index (χ2n) is 7.43. The largest absolute Gasteiger partial charge is 0.282 e. The molecule has 1 heterocycles. The number of carbonyl (C=O) groups is 1. The average Bonchev–Trinajstić information content (AvgIpc) is 3.11. The third-order valence-electron chi connectivity index (χ3n) is 5.15. The Morgan fingerprint density at radius 2 is 1.48 bits per heavy atom. The standard InChI is InChI=1S/C26H22F2N2O/c1-2-3-4-18-5-9-20(10-6-18)25-29-24(17-19-7-11-21(27)12-8-19)26(31)30(25)23-15-13-22(28)14-16-23/h5-17H,2-4H2,1H3. The lowest BCUT2D eigenvalue weighted by atomic mass is 10.1. The van der Waals surface area contributed by atoms with Crippen LogP contribution in [0.3, 0.4) is 0 Å². The van der Waals surface area contributed by atoms with Gasteiger partial charge in [0.15, 0.2) is 0 Å². The molecule has 3 aromatic carbocycles. The molecule has 0 bridgehead atoms. The van der Waals surface area contributed by atoms with Crippen LogP contribution in [0.4, 0.5) is 14.5 Å². The van der Waals surface area contributed by atoms with E-state index in [-0.39, 0.29) is 23.2 Å². The number of rotatable bonds is 6. The molecule has 0 atom stereocenters. The smallest absolute Gasteiger partial charge is 0.266 e. The molecule has 0 aromatic heterocycles. The number of nitrogens with zero attached hydrogens (tertiary/aromatic N) is 2. The predicted octanol–water partition coefficient (Wildman–Crippen LogP) is 6.14. The number of unbranched alkanes of at least 4 members (excludes halogenated alkanes) is 1. The lowest BCUT2D eigenvalue weighted by molar-refractivity contribution is -0.113. The molecule has 3 aromatic rings. The highest BCUT2D eigenvalue weighted by atomic mass is 19.1. The quantitative estimate of drug-likeness (QED) is 0.444. The first-order valence-corrected chi connectivity index (χ1v) is 10.3. The Morgan fingerprint density at radius 3 is 2.10 bits per heavy atom. The van der Waals surface area contributed by atoms with Gasteiger partial charge in [0.2, 0.25) is 0 Å². The first kappa shape index (κ1) is 20.7. The number of anilines is 1. The molecule has 5 heteroatoms. The summed E-state index contributed by atoms with van der Waals surface area (Å²) in [6, 6.07) is 19.6. The van der Waals surface area contributed by atoms with Crippen LogP contribution >= 0.6 is 0 Å². The van der Waals surface area contributed by atoms with Gasteiger partial charge in [-0.05, 0) is 66.4 Å². The van der Waals surface area contributed by atoms with Gasteiger partial charge in [0.1, 0.15) is 23.2 Å². The molecule has 1 aliphatic heterocycles. The van der Waals surface area contributed by atoms with Gasteiger partial charge in [-0.2, -0.15) is 0 Å². The van der Waals surface area contributed by atoms with E-state index in [0.29, 0.717) is 17.1 Å². The van der Waals surface area contributed by atoms with Gasteiger partial charge in [0.05, 0.1) is 5.69 Å². The Bertz CT molecular complexity index is 1130. The molecule has 0 radical (unpaired) electrons. The first-order valence-electron chi connectivity index (χ1n) is 10.3. The molecule has 0 saturated carbocycles. The van der Waals surface area contributed by atoms with Crippen LogP contribution in [0, 0.1) is 11.6 Å². The van der Waals surface area contributed by atoms with Crippen molar-refractivity contribution in [1.29, 1.82) is 0 Å². The van der Waals surface area contributed by atoms with Gasteiger partial charge < -0.3 is 0 Å². The highest BCUT2D eigenvalue weighted by molar-refractivity contribution is 6.33. The third-order valence-corrected chi connectivity index (χ3v) is 5.15. The fourth-order valence-corrected chi connectivity index (χ4v) is 3.46. The van der Waals surface area contributed by atoms with Gasteiger partial charge in [0.25, 0.3) is 5.91 Å². The van der Waals surface area contributed by atoms with Gasteiger partial charge in [-0.15, -0.1) is 0 Å². The second-order valence-corrected chi connectivity index (χ2v) is 7.43. The van der Waals surface area contributed by atoms with E-state index in [1.807, 2.05) is 24.3 Å². The minimum Gasteiger partial charge on any atom is -0.266 e. The van der Waals surface area contributed by atoms with Gasteiger partial charge in [-0.3, -0.25) is 9.69 Å². The topological polar surface area (TPSA) is 32.7 Å². The molecule has 4 rings (SSSR count). The Labute approximate surface area is 180 Å². The molecule has 0 unspecified atom stereocenters. The van der Waals surface area contributed by atoms with Crippen molar-refractivity contribution in [3.63, 3.8) is 0 Å². The normalized spacial score (nSPS) is 14.9. The van der Waals surface area contributed by atoms with Crippen LogP contribution in [0.2, 0.25) is 0 Å². The zero-order valence-electron chi connectivity index (χ0n) is 17.2. The maximum Gasteiger partial charge on any atom is 0.282 e. The Hall–Kier alpha value is -3.60. The van der Waals surface area contributed by atoms with Crippen molar-refractivity contribution in [1.82, 2.24) is 0 Å². The molecule has 0 spiro atoms. The molecule has 1 amide bonds. The molecule has 0 N–H and O–H groups in total. The molecule has 3 nitrogen and oxygen atoms in total. The van der Waals surface area contributed by atoms with E-state index in [4.69, 9.17) is 0 Å². The summed E-state index contributed by atoms with van der Waals surface area (Å²) in [7, 11) is 0. The minimum absolute atomic E-state index is 0.237. The second kappa shape index (κ2) is 9.04. The number of amidine groups is 1. The Balaban J connectivity index is 1.74. The maximum absolute atomic E-state index is 13.5. The fourth-order valence-electron chi connectivity index (χ4n) is 3.46. The van der Waals surface area contributed by atoms with Gasteiger partial charge in [-0.1, -0.05) is 49.7 Å². The molecule has 1 aliphatic rings. The van der Waals surface area contributed by atoms with Crippen molar-refractivity contribution in [2.75, 3.05) is 4.90 Å². The molecule has 156 valence electrons. The molecule has 0 fully saturated rings. The van der Waals surface area contributed by atoms with E-state index >= 15 is 0 Å². The van der Waals surface area contributed by atoms with Crippen LogP contribution in [0.25, 0.3) is 6.08 Å². The van der Waals surface area contributed by atoms with E-state index in [1.54, 1.807) is 30.3 Å². The summed E-state index contributed by atoms with van der Waals surface area (Å²) in [4.78, 5) is 19.3. The van der Waals surface area contributed by atoms with Crippen molar-refractivity contribution in [3.8, 4) is 0 Å². The van der Waals surface area contributed by atoms with Gasteiger partial charge in [0, 0.05) is 5.56 Å². The molecule has 0 aliphatic carbocycles. The Kier molecular flexibility index (Phi) is 6.03. The molecule has 31 heavy (non-hydrogen) atoms. The Morgan fingerprint density at radius 1 is 0.871 bits per heavy atom. The predicted molar refractivity (Wildman–Crippen MR) is 120 cm³/mol. The SMILES string of the molecule is CCCCc1ccc(C2=NC(=Cc3ccc(F)cc3)C(=O)N2c2ccc(F)cc2)cc1. The number of amides is 1. The van der Waals surface area contributed by atoms with Crippen LogP contribution in [-0.4, -0.2) is 11.7 Å². The van der Waals surface area contributed by atoms with Crippen molar-refractivity contribution >= 4 is 23.5 Å². The lowest BCUT2D eigenvalue weighted by Crippen LogP contribution is -2.32. The minimum atomic E-state index is -0.378. The number of aliphatic imine (C=N–C) groups is 1. The summed E-state index contributed by atoms with van der Waals surface area (Å²) >= 11 is 0. The molecule has 0 saturated heterocycles. The van der Waals surface area contributed by atoms with Crippen LogP contribution < -0.4 is 4.90 Å². The first-order chi connectivity index (χ1) is 15.0. The van der Waals surface area contributed by atoms with E-state index in [9.17, 15) is 13.6 Å². The summed E-state index contributed by atoms with van der Waals surface area (Å²) in [6.07, 6.45) is 4.87. The highest BCUT2D eigenvalue weighted by Crippen LogP contribution is 2.28. The van der Waals surface area contributed by atoms with Crippen molar-refractivity contribution in [3.05, 3.63) is 107 Å². The van der Waals surface area contributed by atoms with Gasteiger partial charge >= 0.3 is 0 Å². The third kappa shape index (κ3) is 4.61. The van der Waals surface area contributed by atoms with E-state index in [1.165, 1.54) is 34.7 Å². The van der Waals surface area contributed by atoms with Crippen molar-refractivity contribution < 1.29 is 13.6 Å². The zero-order valence-corrected chi connectivity index (χ0v) is 17.2. The number of hydrogen-bond acceptors (Lipinski definition) is 2. The van der Waals surface area contributed by atoms with Crippen LogP contribution in [0.5, 0.6) is 0 Å². The summed E-state index contributed by atoms with van der Waals surface area (Å²) in [5.41, 5.74) is 3.46. The average molecular weight is 416 g/mol. The zero-order chi connectivity index (χ0) is 21.8. The van der Waals surface area contributed by atoms with Crippen molar-refractivity contribution in [2.24, 2.45) is 4.99 Å². The fraction of sp³-hybridized carbons (Fsp3) is 0.154. The monoisotopic (exact) mass is 416 g/mol. The number of carbonyl (C=O) groups excluding carboxylic acids is 1. The summed E-state index contributed by atoms with van der Waals surface area (Å²) < 4.78 is 26.7. The molecular weight excluding hydrogens is 394 g/mol. The number of halogens is 2. The van der Waals surface area contributed by atoms with Crippen LogP contribution in [-0.2, 0) is 11.2 Å². The van der Waals surface area contributed by atoms with Crippen LogP contribution in [0.15, 0.2) is 83.5 Å². The lowest BCUT2D eigenvalue weighted by Gasteiger charge is -2.18.